The SMILES string of the molecule is Nc1cc(F)c(F)cc1C(=O)NCc1ccccc1Cl. The van der Waals surface area contributed by atoms with Gasteiger partial charge in [-0.1, -0.05) is 29.8 Å². The van der Waals surface area contributed by atoms with Crippen LogP contribution in [0.1, 0.15) is 15.9 Å². The van der Waals surface area contributed by atoms with Crippen LogP contribution < -0.4 is 11.1 Å². The van der Waals surface area contributed by atoms with Crippen LogP contribution in [-0.2, 0) is 6.54 Å². The molecule has 0 heterocycles. The van der Waals surface area contributed by atoms with Gasteiger partial charge in [-0.2, -0.15) is 0 Å². The fraction of sp³-hybridized carbons (Fsp3) is 0.0714. The van der Waals surface area contributed by atoms with Crippen LogP contribution in [0, 0.1) is 11.6 Å². The molecule has 0 aromatic heterocycles. The summed E-state index contributed by atoms with van der Waals surface area (Å²) in [6, 6.07) is 8.53. The highest BCUT2D eigenvalue weighted by Crippen LogP contribution is 2.18. The molecule has 0 aliphatic rings. The van der Waals surface area contributed by atoms with Gasteiger partial charge in [-0.25, -0.2) is 8.78 Å². The van der Waals surface area contributed by atoms with E-state index in [9.17, 15) is 13.6 Å². The van der Waals surface area contributed by atoms with Gasteiger partial charge in [0.15, 0.2) is 11.6 Å². The molecule has 1 amide bonds. The van der Waals surface area contributed by atoms with Gasteiger partial charge >= 0.3 is 0 Å². The van der Waals surface area contributed by atoms with Crippen molar-refractivity contribution in [3.05, 3.63) is 64.2 Å². The van der Waals surface area contributed by atoms with Crippen LogP contribution in [0.2, 0.25) is 5.02 Å². The minimum absolute atomic E-state index is 0.115. The van der Waals surface area contributed by atoms with Crippen molar-refractivity contribution in [2.24, 2.45) is 0 Å². The first kappa shape index (κ1) is 14.3. The summed E-state index contributed by atoms with van der Waals surface area (Å²) in [7, 11) is 0. The Labute approximate surface area is 119 Å². The standard InChI is InChI=1S/C14H11ClF2N2O/c15-10-4-2-1-3-8(10)7-19-14(20)9-5-11(16)12(17)6-13(9)18/h1-6H,7,18H2,(H,19,20). The average molecular weight is 297 g/mol. The highest BCUT2D eigenvalue weighted by molar-refractivity contribution is 6.31. The van der Waals surface area contributed by atoms with E-state index in [4.69, 9.17) is 17.3 Å². The number of carbonyl (C=O) groups excluding carboxylic acids is 1. The molecule has 3 N–H and O–H groups in total. The van der Waals surface area contributed by atoms with E-state index in [0.29, 0.717) is 10.6 Å². The first-order valence-corrected chi connectivity index (χ1v) is 6.13. The molecule has 0 saturated heterocycles. The molecule has 6 heteroatoms. The Morgan fingerprint density at radius 1 is 1.20 bits per heavy atom. The van der Waals surface area contributed by atoms with Crippen LogP contribution in [0.15, 0.2) is 36.4 Å². The number of benzene rings is 2. The second-order valence-corrected chi connectivity index (χ2v) is 4.53. The van der Waals surface area contributed by atoms with Crippen LogP contribution in [0.3, 0.4) is 0 Å². The van der Waals surface area contributed by atoms with Gasteiger partial charge in [0.05, 0.1) is 5.56 Å². The Hall–Kier alpha value is -2.14. The van der Waals surface area contributed by atoms with Gasteiger partial charge in [0, 0.05) is 23.3 Å². The molecule has 2 rings (SSSR count). The van der Waals surface area contributed by atoms with Crippen LogP contribution in [-0.4, -0.2) is 5.91 Å². The number of hydrogen-bond acceptors (Lipinski definition) is 2. The van der Waals surface area contributed by atoms with Gasteiger partial charge in [0.1, 0.15) is 0 Å². The zero-order valence-corrected chi connectivity index (χ0v) is 11.0. The van der Waals surface area contributed by atoms with Crippen molar-refractivity contribution in [1.82, 2.24) is 5.32 Å². The lowest BCUT2D eigenvalue weighted by atomic mass is 10.1. The molecule has 0 aliphatic carbocycles. The molecule has 2 aromatic carbocycles. The maximum absolute atomic E-state index is 13.1. The van der Waals surface area contributed by atoms with Crippen molar-refractivity contribution in [3.8, 4) is 0 Å². The van der Waals surface area contributed by atoms with E-state index in [0.717, 1.165) is 12.1 Å². The summed E-state index contributed by atoms with van der Waals surface area (Å²) in [5.41, 5.74) is 5.97. The quantitative estimate of drug-likeness (QED) is 0.855. The van der Waals surface area contributed by atoms with Gasteiger partial charge in [-0.05, 0) is 17.7 Å². The Morgan fingerprint density at radius 3 is 2.55 bits per heavy atom. The molecule has 0 spiro atoms. The average Bonchev–Trinajstić information content (AvgIpc) is 2.41. The summed E-state index contributed by atoms with van der Waals surface area (Å²) in [6.07, 6.45) is 0. The topological polar surface area (TPSA) is 55.1 Å². The lowest BCUT2D eigenvalue weighted by Gasteiger charge is -2.09. The van der Waals surface area contributed by atoms with E-state index in [-0.39, 0.29) is 17.8 Å². The maximum Gasteiger partial charge on any atom is 0.253 e. The summed E-state index contributed by atoms with van der Waals surface area (Å²) < 4.78 is 26.0. The van der Waals surface area contributed by atoms with Crippen LogP contribution >= 0.6 is 11.6 Å². The van der Waals surface area contributed by atoms with Crippen molar-refractivity contribution in [2.45, 2.75) is 6.54 Å². The number of halogens is 3. The fourth-order valence-corrected chi connectivity index (χ4v) is 1.87. The van der Waals surface area contributed by atoms with E-state index >= 15 is 0 Å². The normalized spacial score (nSPS) is 10.3. The Kier molecular flexibility index (Phi) is 4.20. The van der Waals surface area contributed by atoms with Crippen LogP contribution in [0.4, 0.5) is 14.5 Å². The summed E-state index contributed by atoms with van der Waals surface area (Å²) in [5, 5.41) is 3.06. The summed E-state index contributed by atoms with van der Waals surface area (Å²) in [6.45, 7) is 0.164. The molecule has 2 aromatic rings. The Morgan fingerprint density at radius 2 is 1.85 bits per heavy atom. The predicted molar refractivity (Wildman–Crippen MR) is 73.4 cm³/mol. The summed E-state index contributed by atoms with van der Waals surface area (Å²) in [4.78, 5) is 11.9. The van der Waals surface area contributed by atoms with E-state index in [1.54, 1.807) is 24.3 Å². The second kappa shape index (κ2) is 5.88. The maximum atomic E-state index is 13.1. The molecule has 20 heavy (non-hydrogen) atoms. The molecule has 0 aliphatic heterocycles. The highest BCUT2D eigenvalue weighted by atomic mass is 35.5. The molecular weight excluding hydrogens is 286 g/mol. The molecule has 3 nitrogen and oxygen atoms in total. The molecule has 104 valence electrons. The van der Waals surface area contributed by atoms with Crippen molar-refractivity contribution in [1.29, 1.82) is 0 Å². The van der Waals surface area contributed by atoms with E-state index < -0.39 is 17.5 Å². The summed E-state index contributed by atoms with van der Waals surface area (Å²) in [5.74, 6) is -2.81. The molecule has 0 atom stereocenters. The Balaban J connectivity index is 2.13. The van der Waals surface area contributed by atoms with Gasteiger partial charge in [-0.15, -0.1) is 0 Å². The van der Waals surface area contributed by atoms with E-state index in [2.05, 4.69) is 5.32 Å². The number of amides is 1. The Bertz CT molecular complexity index is 662. The lowest BCUT2D eigenvalue weighted by molar-refractivity contribution is 0.0951. The number of nitrogens with two attached hydrogens (primary N) is 1. The number of hydrogen-bond donors (Lipinski definition) is 2. The lowest BCUT2D eigenvalue weighted by Crippen LogP contribution is -2.24. The fourth-order valence-electron chi connectivity index (χ4n) is 1.67. The highest BCUT2D eigenvalue weighted by Gasteiger charge is 2.14. The van der Waals surface area contributed by atoms with Crippen molar-refractivity contribution >= 4 is 23.2 Å². The van der Waals surface area contributed by atoms with Crippen LogP contribution in [0.25, 0.3) is 0 Å². The molecular formula is C14H11ClF2N2O. The molecule has 0 fully saturated rings. The minimum atomic E-state index is -1.12. The molecule has 0 saturated carbocycles. The molecule has 0 bridgehead atoms. The number of rotatable bonds is 3. The second-order valence-electron chi connectivity index (χ2n) is 4.13. The number of nitrogen functional groups attached to an aromatic ring is 1. The van der Waals surface area contributed by atoms with E-state index in [1.807, 2.05) is 0 Å². The van der Waals surface area contributed by atoms with Gasteiger partial charge in [0.2, 0.25) is 0 Å². The van der Waals surface area contributed by atoms with Crippen molar-refractivity contribution < 1.29 is 13.6 Å². The number of anilines is 1. The third kappa shape index (κ3) is 3.05. The zero-order chi connectivity index (χ0) is 14.7. The monoisotopic (exact) mass is 296 g/mol. The number of carbonyl (C=O) groups is 1. The third-order valence-electron chi connectivity index (χ3n) is 2.73. The van der Waals surface area contributed by atoms with Gasteiger partial charge in [-0.3, -0.25) is 4.79 Å². The minimum Gasteiger partial charge on any atom is -0.398 e. The van der Waals surface area contributed by atoms with Crippen molar-refractivity contribution in [3.63, 3.8) is 0 Å². The third-order valence-corrected chi connectivity index (χ3v) is 3.10. The molecule has 0 unspecified atom stereocenters. The first-order chi connectivity index (χ1) is 9.49. The predicted octanol–water partition coefficient (Wildman–Crippen LogP) is 3.13. The first-order valence-electron chi connectivity index (χ1n) is 5.75. The van der Waals surface area contributed by atoms with Crippen molar-refractivity contribution in [2.75, 3.05) is 5.73 Å². The van der Waals surface area contributed by atoms with Crippen LogP contribution in [0.5, 0.6) is 0 Å². The largest absolute Gasteiger partial charge is 0.398 e. The number of nitrogens with one attached hydrogen (secondary N) is 1. The smallest absolute Gasteiger partial charge is 0.253 e. The van der Waals surface area contributed by atoms with Gasteiger partial charge < -0.3 is 11.1 Å². The zero-order valence-electron chi connectivity index (χ0n) is 10.3. The summed E-state index contributed by atoms with van der Waals surface area (Å²) >= 11 is 5.95. The van der Waals surface area contributed by atoms with Gasteiger partial charge in [0.25, 0.3) is 5.91 Å². The van der Waals surface area contributed by atoms with E-state index in [1.165, 1.54) is 0 Å². The molecule has 0 radical (unpaired) electrons.